The normalized spacial score (nSPS) is 29.3. The third-order valence-corrected chi connectivity index (χ3v) is 8.71. The number of hydrogen-bond donors (Lipinski definition) is 0. The van der Waals surface area contributed by atoms with Gasteiger partial charge in [-0.2, -0.15) is 0 Å². The van der Waals surface area contributed by atoms with Gasteiger partial charge in [0.2, 0.25) is 10.0 Å². The van der Waals surface area contributed by atoms with Gasteiger partial charge in [-0.05, 0) is 55.5 Å². The molecule has 28 heavy (non-hydrogen) atoms. The molecule has 156 valence electrons. The van der Waals surface area contributed by atoms with Gasteiger partial charge < -0.3 is 9.64 Å². The molecule has 0 radical (unpaired) electrons. The predicted molar refractivity (Wildman–Crippen MR) is 112 cm³/mol. The molecule has 1 spiro atoms. The van der Waals surface area contributed by atoms with Crippen LogP contribution in [0.15, 0.2) is 30.3 Å². The molecule has 0 saturated carbocycles. The maximum Gasteiger partial charge on any atom is 0.218 e. The lowest BCUT2D eigenvalue weighted by Gasteiger charge is -2.38. The van der Waals surface area contributed by atoms with E-state index in [1.54, 1.807) is 4.31 Å². The second-order valence-corrected chi connectivity index (χ2v) is 11.3. The van der Waals surface area contributed by atoms with Crippen molar-refractivity contribution in [2.45, 2.75) is 50.9 Å². The predicted octanol–water partition coefficient (Wildman–Crippen LogP) is 3.12. The average molecular weight is 407 g/mol. The van der Waals surface area contributed by atoms with Crippen LogP contribution in [-0.2, 0) is 20.5 Å². The SMILES string of the molecule is C[C@H]1CCCN(C[C@H]2CC3(CCN(S(=O)(=O)Cc4ccccc4)CC3)CO2)C1. The van der Waals surface area contributed by atoms with Crippen molar-refractivity contribution in [1.82, 2.24) is 9.21 Å². The Morgan fingerprint density at radius 1 is 1.14 bits per heavy atom. The first-order valence-corrected chi connectivity index (χ1v) is 12.4. The van der Waals surface area contributed by atoms with Gasteiger partial charge in [-0.3, -0.25) is 0 Å². The smallest absolute Gasteiger partial charge is 0.218 e. The number of nitrogens with zero attached hydrogens (tertiary/aromatic N) is 2. The van der Waals surface area contributed by atoms with Crippen LogP contribution in [0.25, 0.3) is 0 Å². The summed E-state index contributed by atoms with van der Waals surface area (Å²) in [5, 5.41) is 0. The lowest BCUT2D eigenvalue weighted by molar-refractivity contribution is 0.0482. The Balaban J connectivity index is 1.29. The second kappa shape index (κ2) is 8.42. The van der Waals surface area contributed by atoms with Crippen LogP contribution in [-0.4, -0.2) is 63.1 Å². The maximum atomic E-state index is 12.8. The van der Waals surface area contributed by atoms with E-state index >= 15 is 0 Å². The summed E-state index contributed by atoms with van der Waals surface area (Å²) >= 11 is 0. The molecule has 0 amide bonds. The Bertz CT molecular complexity index is 744. The molecule has 2 atom stereocenters. The minimum atomic E-state index is -3.24. The van der Waals surface area contributed by atoms with E-state index in [1.165, 1.54) is 25.9 Å². The monoisotopic (exact) mass is 406 g/mol. The van der Waals surface area contributed by atoms with Crippen LogP contribution in [0.5, 0.6) is 0 Å². The van der Waals surface area contributed by atoms with Crippen LogP contribution >= 0.6 is 0 Å². The molecule has 3 heterocycles. The highest BCUT2D eigenvalue weighted by Gasteiger charge is 2.44. The number of hydrogen-bond acceptors (Lipinski definition) is 4. The fourth-order valence-corrected chi connectivity index (χ4v) is 6.75. The molecule has 3 saturated heterocycles. The highest BCUT2D eigenvalue weighted by atomic mass is 32.2. The minimum Gasteiger partial charge on any atom is -0.376 e. The van der Waals surface area contributed by atoms with Crippen molar-refractivity contribution in [2.75, 3.05) is 39.3 Å². The molecule has 0 aromatic heterocycles. The minimum absolute atomic E-state index is 0.104. The zero-order valence-corrected chi connectivity index (χ0v) is 17.9. The van der Waals surface area contributed by atoms with E-state index in [4.69, 9.17) is 4.74 Å². The lowest BCUT2D eigenvalue weighted by atomic mass is 9.77. The Kier molecular flexibility index (Phi) is 6.12. The summed E-state index contributed by atoms with van der Waals surface area (Å²) in [6, 6.07) is 9.49. The van der Waals surface area contributed by atoms with Crippen LogP contribution in [0.1, 0.15) is 44.6 Å². The van der Waals surface area contributed by atoms with E-state index in [2.05, 4.69) is 11.8 Å². The van der Waals surface area contributed by atoms with E-state index in [-0.39, 0.29) is 11.2 Å². The molecule has 0 bridgehead atoms. The number of likely N-dealkylation sites (tertiary alicyclic amines) is 1. The molecule has 4 rings (SSSR count). The summed E-state index contributed by atoms with van der Waals surface area (Å²) in [6.07, 6.45) is 5.90. The number of rotatable bonds is 5. The standard InChI is InChI=1S/C22H34N2O3S/c1-19-6-5-11-23(15-19)16-21-14-22(18-27-21)9-12-24(13-10-22)28(25,26)17-20-7-3-2-4-8-20/h2-4,7-8,19,21H,5-6,9-18H2,1H3/t19-,21+/m0/s1. The summed E-state index contributed by atoms with van der Waals surface area (Å²) in [7, 11) is -3.24. The molecule has 1 aromatic rings. The topological polar surface area (TPSA) is 49.9 Å². The largest absolute Gasteiger partial charge is 0.376 e. The van der Waals surface area contributed by atoms with Gasteiger partial charge >= 0.3 is 0 Å². The second-order valence-electron chi connectivity index (χ2n) is 9.28. The molecule has 0 N–H and O–H groups in total. The lowest BCUT2D eigenvalue weighted by Crippen LogP contribution is -2.44. The van der Waals surface area contributed by atoms with Crippen molar-refractivity contribution in [3.63, 3.8) is 0 Å². The van der Waals surface area contributed by atoms with Gasteiger partial charge in [-0.15, -0.1) is 0 Å². The maximum absolute atomic E-state index is 12.8. The quantitative estimate of drug-likeness (QED) is 0.754. The molecule has 0 aliphatic carbocycles. The summed E-state index contributed by atoms with van der Waals surface area (Å²) in [4.78, 5) is 2.57. The van der Waals surface area contributed by atoms with Crippen LogP contribution < -0.4 is 0 Å². The van der Waals surface area contributed by atoms with Crippen molar-refractivity contribution in [3.8, 4) is 0 Å². The van der Waals surface area contributed by atoms with Crippen LogP contribution in [0.2, 0.25) is 0 Å². The molecular weight excluding hydrogens is 372 g/mol. The molecular formula is C22H34N2O3S. The summed E-state index contributed by atoms with van der Waals surface area (Å²) in [5.74, 6) is 0.898. The molecule has 3 aliphatic rings. The average Bonchev–Trinajstić information content (AvgIpc) is 3.04. The Labute approximate surface area is 170 Å². The van der Waals surface area contributed by atoms with Gasteiger partial charge in [-0.25, -0.2) is 12.7 Å². The van der Waals surface area contributed by atoms with E-state index < -0.39 is 10.0 Å². The Hall–Kier alpha value is -0.950. The molecule has 5 nitrogen and oxygen atoms in total. The van der Waals surface area contributed by atoms with E-state index in [0.29, 0.717) is 19.2 Å². The Morgan fingerprint density at radius 2 is 1.89 bits per heavy atom. The third kappa shape index (κ3) is 4.78. The van der Waals surface area contributed by atoms with Gasteiger partial charge in [0.15, 0.2) is 0 Å². The fraction of sp³-hybridized carbons (Fsp3) is 0.727. The van der Waals surface area contributed by atoms with E-state index in [9.17, 15) is 8.42 Å². The van der Waals surface area contributed by atoms with Crippen LogP contribution in [0.4, 0.5) is 0 Å². The summed E-state index contributed by atoms with van der Waals surface area (Å²) in [6.45, 7) is 7.84. The molecule has 3 fully saturated rings. The van der Waals surface area contributed by atoms with Gasteiger partial charge in [-0.1, -0.05) is 37.3 Å². The number of sulfonamides is 1. The Morgan fingerprint density at radius 3 is 2.61 bits per heavy atom. The van der Waals surface area contributed by atoms with Gasteiger partial charge in [0.1, 0.15) is 0 Å². The van der Waals surface area contributed by atoms with Gasteiger partial charge in [0.25, 0.3) is 0 Å². The first kappa shape index (κ1) is 20.3. The highest BCUT2D eigenvalue weighted by Crippen LogP contribution is 2.43. The van der Waals surface area contributed by atoms with Gasteiger partial charge in [0.05, 0.1) is 18.5 Å². The van der Waals surface area contributed by atoms with Crippen molar-refractivity contribution in [1.29, 1.82) is 0 Å². The van der Waals surface area contributed by atoms with Crippen molar-refractivity contribution >= 4 is 10.0 Å². The molecule has 1 aromatic carbocycles. The zero-order chi connectivity index (χ0) is 19.6. The van der Waals surface area contributed by atoms with Crippen molar-refractivity contribution < 1.29 is 13.2 Å². The number of benzene rings is 1. The summed E-state index contributed by atoms with van der Waals surface area (Å²) in [5.41, 5.74) is 1.05. The van der Waals surface area contributed by atoms with Crippen molar-refractivity contribution in [3.05, 3.63) is 35.9 Å². The highest BCUT2D eigenvalue weighted by molar-refractivity contribution is 7.88. The molecule has 0 unspecified atom stereocenters. The van der Waals surface area contributed by atoms with Crippen molar-refractivity contribution in [2.24, 2.45) is 11.3 Å². The van der Waals surface area contributed by atoms with Gasteiger partial charge in [0, 0.05) is 26.2 Å². The van der Waals surface area contributed by atoms with Crippen LogP contribution in [0.3, 0.4) is 0 Å². The third-order valence-electron chi connectivity index (χ3n) is 6.86. The molecule has 3 aliphatic heterocycles. The van der Waals surface area contributed by atoms with E-state index in [0.717, 1.165) is 43.9 Å². The molecule has 6 heteroatoms. The first-order chi connectivity index (χ1) is 13.4. The number of piperidine rings is 2. The van der Waals surface area contributed by atoms with Crippen LogP contribution in [0, 0.1) is 11.3 Å². The summed E-state index contributed by atoms with van der Waals surface area (Å²) < 4.78 is 33.5. The zero-order valence-electron chi connectivity index (χ0n) is 17.1. The fourth-order valence-electron chi connectivity index (χ4n) is 5.22. The van der Waals surface area contributed by atoms with E-state index in [1.807, 2.05) is 30.3 Å². The number of ether oxygens (including phenoxy) is 1. The first-order valence-electron chi connectivity index (χ1n) is 10.8.